The van der Waals surface area contributed by atoms with Crippen molar-refractivity contribution in [2.45, 2.75) is 24.8 Å². The second kappa shape index (κ2) is 4.61. The molecule has 1 N–H and O–H groups in total. The summed E-state index contributed by atoms with van der Waals surface area (Å²) in [5.74, 6) is 1.48. The molecular formula is C15H17NO3. The van der Waals surface area contributed by atoms with Crippen LogP contribution in [-0.2, 0) is 0 Å². The second-order valence-corrected chi connectivity index (χ2v) is 4.91. The normalized spacial score (nSPS) is 24.2. The van der Waals surface area contributed by atoms with Crippen molar-refractivity contribution in [1.82, 2.24) is 5.32 Å². The van der Waals surface area contributed by atoms with Crippen molar-refractivity contribution >= 4 is 5.91 Å². The zero-order valence-corrected chi connectivity index (χ0v) is 11.1. The Labute approximate surface area is 112 Å². The Morgan fingerprint density at radius 3 is 2.68 bits per heavy atom. The van der Waals surface area contributed by atoms with Gasteiger partial charge in [0.25, 0.3) is 5.91 Å². The van der Waals surface area contributed by atoms with Crippen LogP contribution in [0.1, 0.15) is 34.7 Å². The fraction of sp³-hybridized carbons (Fsp3) is 0.400. The van der Waals surface area contributed by atoms with Gasteiger partial charge in [-0.1, -0.05) is 12.2 Å². The molecule has 2 atom stereocenters. The molecule has 0 unspecified atom stereocenters. The van der Waals surface area contributed by atoms with Crippen molar-refractivity contribution in [2.24, 2.45) is 0 Å². The highest BCUT2D eigenvalue weighted by Crippen LogP contribution is 2.39. The Morgan fingerprint density at radius 2 is 1.95 bits per heavy atom. The molecule has 1 aliphatic carbocycles. The topological polar surface area (TPSA) is 47.6 Å². The van der Waals surface area contributed by atoms with Gasteiger partial charge in [-0.2, -0.15) is 0 Å². The second-order valence-electron chi connectivity index (χ2n) is 4.91. The molecule has 3 rings (SSSR count). The summed E-state index contributed by atoms with van der Waals surface area (Å²) in [5, 5.41) is 3.08. The summed E-state index contributed by atoms with van der Waals surface area (Å²) >= 11 is 0. The van der Waals surface area contributed by atoms with Gasteiger partial charge >= 0.3 is 0 Å². The minimum absolute atomic E-state index is 0.0208. The Morgan fingerprint density at radius 1 is 1.21 bits per heavy atom. The first kappa shape index (κ1) is 12.1. The maximum Gasteiger partial charge on any atom is 0.251 e. The molecule has 4 heteroatoms. The number of rotatable bonds is 2. The molecule has 0 aromatic heterocycles. The van der Waals surface area contributed by atoms with Gasteiger partial charge in [-0.05, 0) is 30.5 Å². The molecule has 19 heavy (non-hydrogen) atoms. The van der Waals surface area contributed by atoms with E-state index in [1.807, 2.05) is 6.07 Å². The smallest absolute Gasteiger partial charge is 0.251 e. The van der Waals surface area contributed by atoms with Crippen LogP contribution in [0.3, 0.4) is 0 Å². The maximum absolute atomic E-state index is 12.2. The van der Waals surface area contributed by atoms with Crippen molar-refractivity contribution in [3.63, 3.8) is 0 Å². The van der Waals surface area contributed by atoms with Crippen molar-refractivity contribution in [1.29, 1.82) is 0 Å². The largest absolute Gasteiger partial charge is 0.493 e. The third-order valence-corrected chi connectivity index (χ3v) is 3.90. The van der Waals surface area contributed by atoms with E-state index in [0.29, 0.717) is 17.1 Å². The van der Waals surface area contributed by atoms with E-state index in [-0.39, 0.29) is 17.9 Å². The van der Waals surface area contributed by atoms with Crippen LogP contribution in [0.2, 0.25) is 0 Å². The lowest BCUT2D eigenvalue weighted by Crippen LogP contribution is -2.44. The molecule has 2 aliphatic rings. The first-order valence-electron chi connectivity index (χ1n) is 6.48. The van der Waals surface area contributed by atoms with Gasteiger partial charge < -0.3 is 14.8 Å². The number of methoxy groups -OCH3 is 2. The van der Waals surface area contributed by atoms with Crippen LogP contribution in [0.5, 0.6) is 11.5 Å². The van der Waals surface area contributed by atoms with E-state index in [4.69, 9.17) is 9.47 Å². The average molecular weight is 259 g/mol. The highest BCUT2D eigenvalue weighted by molar-refractivity contribution is 5.98. The van der Waals surface area contributed by atoms with Crippen LogP contribution in [0.25, 0.3) is 0 Å². The van der Waals surface area contributed by atoms with Crippen LogP contribution < -0.4 is 14.8 Å². The van der Waals surface area contributed by atoms with E-state index in [1.54, 1.807) is 20.3 Å². The van der Waals surface area contributed by atoms with Crippen LogP contribution in [0.4, 0.5) is 0 Å². The highest BCUT2D eigenvalue weighted by atomic mass is 16.5. The predicted octanol–water partition coefficient (Wildman–Crippen LogP) is 2.25. The molecular weight excluding hydrogens is 242 g/mol. The minimum atomic E-state index is -0.0208. The zero-order chi connectivity index (χ0) is 13.4. The van der Waals surface area contributed by atoms with Gasteiger partial charge in [-0.3, -0.25) is 4.79 Å². The van der Waals surface area contributed by atoms with E-state index in [2.05, 4.69) is 17.5 Å². The summed E-state index contributed by atoms with van der Waals surface area (Å²) in [6.45, 7) is 0. The lowest BCUT2D eigenvalue weighted by molar-refractivity contribution is 0.0915. The molecule has 100 valence electrons. The minimum Gasteiger partial charge on any atom is -0.493 e. The molecule has 1 aromatic rings. The van der Waals surface area contributed by atoms with E-state index >= 15 is 0 Å². The number of hydrogen-bond acceptors (Lipinski definition) is 3. The Balaban J connectivity index is 2.15. The molecule has 1 heterocycles. The number of fused-ring (bicyclic) bond motifs is 3. The predicted molar refractivity (Wildman–Crippen MR) is 71.9 cm³/mol. The van der Waals surface area contributed by atoms with Crippen molar-refractivity contribution in [3.8, 4) is 11.5 Å². The average Bonchev–Trinajstić information content (AvgIpc) is 2.46. The molecule has 1 amide bonds. The van der Waals surface area contributed by atoms with E-state index < -0.39 is 0 Å². The van der Waals surface area contributed by atoms with E-state index in [9.17, 15) is 4.79 Å². The Kier molecular flexibility index (Phi) is 2.93. The van der Waals surface area contributed by atoms with E-state index in [1.165, 1.54) is 0 Å². The summed E-state index contributed by atoms with van der Waals surface area (Å²) in [6, 6.07) is 3.89. The molecule has 0 saturated heterocycles. The van der Waals surface area contributed by atoms with E-state index in [0.717, 1.165) is 18.4 Å². The van der Waals surface area contributed by atoms with Gasteiger partial charge in [0.1, 0.15) is 0 Å². The number of ether oxygens (including phenoxy) is 2. The molecule has 0 fully saturated rings. The number of nitrogens with one attached hydrogen (secondary N) is 1. The molecule has 4 nitrogen and oxygen atoms in total. The number of allylic oxidation sites excluding steroid dienone is 1. The zero-order valence-electron chi connectivity index (χ0n) is 11.1. The summed E-state index contributed by atoms with van der Waals surface area (Å²) < 4.78 is 10.6. The van der Waals surface area contributed by atoms with Crippen LogP contribution in [0.15, 0.2) is 24.3 Å². The quantitative estimate of drug-likeness (QED) is 0.829. The first-order chi connectivity index (χ1) is 9.24. The first-order valence-corrected chi connectivity index (χ1v) is 6.48. The number of hydrogen-bond donors (Lipinski definition) is 1. The van der Waals surface area contributed by atoms with Gasteiger partial charge in [0.15, 0.2) is 11.5 Å². The monoisotopic (exact) mass is 259 g/mol. The molecule has 1 aliphatic heterocycles. The third kappa shape index (κ3) is 1.87. The van der Waals surface area contributed by atoms with Gasteiger partial charge in [-0.25, -0.2) is 0 Å². The van der Waals surface area contributed by atoms with Crippen molar-refractivity contribution < 1.29 is 14.3 Å². The summed E-state index contributed by atoms with van der Waals surface area (Å²) in [5.41, 5.74) is 1.72. The van der Waals surface area contributed by atoms with Crippen LogP contribution in [0, 0.1) is 0 Å². The summed E-state index contributed by atoms with van der Waals surface area (Å²) in [6.07, 6.45) is 6.36. The van der Waals surface area contributed by atoms with Crippen LogP contribution >= 0.6 is 0 Å². The molecule has 1 aromatic carbocycles. The van der Waals surface area contributed by atoms with Gasteiger partial charge in [0.05, 0.1) is 14.2 Å². The molecule has 0 radical (unpaired) electrons. The Bertz CT molecular complexity index is 551. The molecule has 0 saturated carbocycles. The highest BCUT2D eigenvalue weighted by Gasteiger charge is 2.34. The standard InChI is InChI=1S/C15H17NO3/c1-18-13-7-10-9-5-3-4-6-12(9)16-15(17)11(10)8-14(13)19-2/h3,5,7-9,12H,4,6H2,1-2H3,(H,16,17)/t9-,12+/m0/s1. The number of benzene rings is 1. The Hall–Kier alpha value is -1.97. The lowest BCUT2D eigenvalue weighted by atomic mass is 9.79. The molecule has 0 bridgehead atoms. The van der Waals surface area contributed by atoms with Gasteiger partial charge in [0.2, 0.25) is 0 Å². The lowest BCUT2D eigenvalue weighted by Gasteiger charge is -2.34. The van der Waals surface area contributed by atoms with Crippen molar-refractivity contribution in [2.75, 3.05) is 14.2 Å². The fourth-order valence-corrected chi connectivity index (χ4v) is 2.93. The van der Waals surface area contributed by atoms with Crippen LogP contribution in [-0.4, -0.2) is 26.2 Å². The van der Waals surface area contributed by atoms with Crippen molar-refractivity contribution in [3.05, 3.63) is 35.4 Å². The molecule has 0 spiro atoms. The summed E-state index contributed by atoms with van der Waals surface area (Å²) in [4.78, 5) is 12.2. The third-order valence-electron chi connectivity index (χ3n) is 3.90. The van der Waals surface area contributed by atoms with Gasteiger partial charge in [-0.15, -0.1) is 0 Å². The fourth-order valence-electron chi connectivity index (χ4n) is 2.93. The number of carbonyl (C=O) groups is 1. The number of carbonyl (C=O) groups excluding carboxylic acids is 1. The summed E-state index contributed by atoms with van der Waals surface area (Å²) in [7, 11) is 3.19. The SMILES string of the molecule is COc1cc2c(cc1OC)[C@@H]1C=CCC[C@H]1NC2=O. The van der Waals surface area contributed by atoms with Gasteiger partial charge in [0, 0.05) is 17.5 Å². The maximum atomic E-state index is 12.2. The number of amides is 1.